The molecule has 1 aliphatic heterocycles. The molecule has 0 aromatic carbocycles. The molecule has 1 rings (SSSR count). The average molecular weight is 199 g/mol. The van der Waals surface area contributed by atoms with Crippen LogP contribution >= 0.6 is 0 Å². The Labute approximate surface area is 83.9 Å². The first-order valence-corrected chi connectivity index (χ1v) is 4.76. The van der Waals surface area contributed by atoms with Crippen molar-refractivity contribution in [3.05, 3.63) is 12.2 Å². The van der Waals surface area contributed by atoms with Gasteiger partial charge >= 0.3 is 0 Å². The minimum Gasteiger partial charge on any atom is -0.364 e. The summed E-state index contributed by atoms with van der Waals surface area (Å²) >= 11 is 0. The first kappa shape index (κ1) is 11.2. The van der Waals surface area contributed by atoms with Crippen molar-refractivity contribution in [3.8, 4) is 0 Å². The number of amides is 1. The molecular formula is C10H17NO3. The molecule has 1 saturated heterocycles. The summed E-state index contributed by atoms with van der Waals surface area (Å²) in [6.45, 7) is 7.70. The van der Waals surface area contributed by atoms with Crippen LogP contribution in [-0.2, 0) is 9.53 Å². The molecule has 0 radical (unpaired) electrons. The number of carbonyl (C=O) groups excluding carboxylic acids is 1. The van der Waals surface area contributed by atoms with Gasteiger partial charge in [0.2, 0.25) is 5.91 Å². The SMILES string of the molecule is C=C(C)C(=O)NCC1(O)OCCC1C. The summed E-state index contributed by atoms with van der Waals surface area (Å²) in [5, 5.41) is 12.5. The normalized spacial score (nSPS) is 31.5. The molecular weight excluding hydrogens is 182 g/mol. The summed E-state index contributed by atoms with van der Waals surface area (Å²) in [6, 6.07) is 0. The van der Waals surface area contributed by atoms with Crippen LogP contribution in [0.4, 0.5) is 0 Å². The highest BCUT2D eigenvalue weighted by Gasteiger charge is 2.39. The van der Waals surface area contributed by atoms with E-state index in [1.807, 2.05) is 6.92 Å². The van der Waals surface area contributed by atoms with E-state index in [0.29, 0.717) is 12.2 Å². The fraction of sp³-hybridized carbons (Fsp3) is 0.700. The molecule has 2 atom stereocenters. The smallest absolute Gasteiger partial charge is 0.246 e. The van der Waals surface area contributed by atoms with Crippen LogP contribution < -0.4 is 5.32 Å². The van der Waals surface area contributed by atoms with Crippen LogP contribution in [0.25, 0.3) is 0 Å². The quantitative estimate of drug-likeness (QED) is 0.648. The van der Waals surface area contributed by atoms with Gasteiger partial charge in [0.05, 0.1) is 13.2 Å². The van der Waals surface area contributed by atoms with Crippen molar-refractivity contribution in [1.82, 2.24) is 5.32 Å². The molecule has 1 aliphatic rings. The first-order chi connectivity index (χ1) is 6.46. The lowest BCUT2D eigenvalue weighted by molar-refractivity contribution is -0.188. The van der Waals surface area contributed by atoms with Gasteiger partial charge in [-0.1, -0.05) is 13.5 Å². The summed E-state index contributed by atoms with van der Waals surface area (Å²) < 4.78 is 5.19. The van der Waals surface area contributed by atoms with Crippen molar-refractivity contribution in [2.24, 2.45) is 5.92 Å². The van der Waals surface area contributed by atoms with E-state index >= 15 is 0 Å². The minimum atomic E-state index is -1.20. The van der Waals surface area contributed by atoms with E-state index in [4.69, 9.17) is 4.74 Å². The second-order valence-electron chi connectivity index (χ2n) is 3.85. The highest BCUT2D eigenvalue weighted by atomic mass is 16.6. The Hall–Kier alpha value is -0.870. The molecule has 2 N–H and O–H groups in total. The van der Waals surface area contributed by atoms with Gasteiger partial charge in [0.15, 0.2) is 5.79 Å². The Kier molecular flexibility index (Phi) is 3.29. The van der Waals surface area contributed by atoms with Gasteiger partial charge in [-0.15, -0.1) is 0 Å². The zero-order valence-electron chi connectivity index (χ0n) is 8.67. The summed E-state index contributed by atoms with van der Waals surface area (Å²) in [5.74, 6) is -1.40. The van der Waals surface area contributed by atoms with E-state index in [9.17, 15) is 9.90 Å². The molecule has 0 aliphatic carbocycles. The minimum absolute atomic E-state index is 0.0490. The zero-order valence-corrected chi connectivity index (χ0v) is 8.67. The number of nitrogens with one attached hydrogen (secondary N) is 1. The van der Waals surface area contributed by atoms with Crippen LogP contribution in [0.1, 0.15) is 20.3 Å². The van der Waals surface area contributed by atoms with Gasteiger partial charge in [-0.05, 0) is 13.3 Å². The van der Waals surface area contributed by atoms with Gasteiger partial charge < -0.3 is 15.2 Å². The molecule has 0 bridgehead atoms. The fourth-order valence-corrected chi connectivity index (χ4v) is 1.36. The maximum absolute atomic E-state index is 11.2. The van der Waals surface area contributed by atoms with Crippen molar-refractivity contribution in [3.63, 3.8) is 0 Å². The summed E-state index contributed by atoms with van der Waals surface area (Å²) in [5.41, 5.74) is 0.430. The van der Waals surface area contributed by atoms with Crippen LogP contribution in [0, 0.1) is 5.92 Å². The van der Waals surface area contributed by atoms with Gasteiger partial charge in [0.1, 0.15) is 0 Å². The first-order valence-electron chi connectivity index (χ1n) is 4.76. The molecule has 0 aromatic rings. The standard InChI is InChI=1S/C10H17NO3/c1-7(2)9(12)11-6-10(13)8(3)4-5-14-10/h8,13H,1,4-6H2,2-3H3,(H,11,12). The van der Waals surface area contributed by atoms with E-state index < -0.39 is 5.79 Å². The average Bonchev–Trinajstić information content (AvgIpc) is 2.44. The Morgan fingerprint density at radius 1 is 1.79 bits per heavy atom. The van der Waals surface area contributed by atoms with Crippen LogP contribution in [0.2, 0.25) is 0 Å². The molecule has 1 fully saturated rings. The second kappa shape index (κ2) is 4.11. The Morgan fingerprint density at radius 2 is 2.43 bits per heavy atom. The lowest BCUT2D eigenvalue weighted by Gasteiger charge is -2.26. The second-order valence-corrected chi connectivity index (χ2v) is 3.85. The summed E-state index contributed by atoms with van der Waals surface area (Å²) in [7, 11) is 0. The van der Waals surface area contributed by atoms with E-state index in [0.717, 1.165) is 6.42 Å². The van der Waals surface area contributed by atoms with Crippen molar-refractivity contribution >= 4 is 5.91 Å². The third kappa shape index (κ3) is 2.33. The molecule has 2 unspecified atom stereocenters. The number of rotatable bonds is 3. The highest BCUT2D eigenvalue weighted by Crippen LogP contribution is 2.28. The third-order valence-corrected chi connectivity index (χ3v) is 2.56. The van der Waals surface area contributed by atoms with Crippen molar-refractivity contribution in [2.75, 3.05) is 13.2 Å². The zero-order chi connectivity index (χ0) is 10.8. The van der Waals surface area contributed by atoms with Gasteiger partial charge in [0, 0.05) is 11.5 Å². The third-order valence-electron chi connectivity index (χ3n) is 2.56. The highest BCUT2D eigenvalue weighted by molar-refractivity contribution is 5.92. The van der Waals surface area contributed by atoms with Crippen molar-refractivity contribution in [2.45, 2.75) is 26.1 Å². The predicted octanol–water partition coefficient (Wildman–Crippen LogP) is 0.424. The van der Waals surface area contributed by atoms with Gasteiger partial charge in [-0.2, -0.15) is 0 Å². The van der Waals surface area contributed by atoms with E-state index in [1.54, 1.807) is 6.92 Å². The van der Waals surface area contributed by atoms with E-state index in [2.05, 4.69) is 11.9 Å². The maximum atomic E-state index is 11.2. The van der Waals surface area contributed by atoms with Crippen LogP contribution in [0.15, 0.2) is 12.2 Å². The fourth-order valence-electron chi connectivity index (χ4n) is 1.36. The Morgan fingerprint density at radius 3 is 2.86 bits per heavy atom. The summed E-state index contributed by atoms with van der Waals surface area (Å²) in [6.07, 6.45) is 0.819. The Bertz CT molecular complexity index is 252. The summed E-state index contributed by atoms with van der Waals surface area (Å²) in [4.78, 5) is 11.2. The maximum Gasteiger partial charge on any atom is 0.246 e. The number of hydrogen-bond donors (Lipinski definition) is 2. The number of carbonyl (C=O) groups is 1. The molecule has 0 spiro atoms. The largest absolute Gasteiger partial charge is 0.364 e. The molecule has 1 heterocycles. The van der Waals surface area contributed by atoms with Gasteiger partial charge in [-0.25, -0.2) is 0 Å². The molecule has 14 heavy (non-hydrogen) atoms. The number of ether oxygens (including phenoxy) is 1. The van der Waals surface area contributed by atoms with Gasteiger partial charge in [0.25, 0.3) is 0 Å². The monoisotopic (exact) mass is 199 g/mol. The predicted molar refractivity (Wildman–Crippen MR) is 52.5 cm³/mol. The van der Waals surface area contributed by atoms with E-state index in [-0.39, 0.29) is 18.4 Å². The topological polar surface area (TPSA) is 58.6 Å². The molecule has 4 heteroatoms. The van der Waals surface area contributed by atoms with Gasteiger partial charge in [-0.3, -0.25) is 4.79 Å². The molecule has 4 nitrogen and oxygen atoms in total. The number of aliphatic hydroxyl groups is 1. The molecule has 0 saturated carbocycles. The number of hydrogen-bond acceptors (Lipinski definition) is 3. The lowest BCUT2D eigenvalue weighted by atomic mass is 10.0. The van der Waals surface area contributed by atoms with Crippen LogP contribution in [-0.4, -0.2) is 30.0 Å². The van der Waals surface area contributed by atoms with Crippen LogP contribution in [0.5, 0.6) is 0 Å². The lowest BCUT2D eigenvalue weighted by Crippen LogP contribution is -2.46. The molecule has 1 amide bonds. The van der Waals surface area contributed by atoms with Crippen LogP contribution in [0.3, 0.4) is 0 Å². The Balaban J connectivity index is 2.44. The van der Waals surface area contributed by atoms with Crippen molar-refractivity contribution in [1.29, 1.82) is 0 Å². The van der Waals surface area contributed by atoms with E-state index in [1.165, 1.54) is 0 Å². The van der Waals surface area contributed by atoms with Crippen molar-refractivity contribution < 1.29 is 14.6 Å². The molecule has 80 valence electrons. The molecule has 0 aromatic heterocycles.